The van der Waals surface area contributed by atoms with Gasteiger partial charge < -0.3 is 15.2 Å². The second-order valence-corrected chi connectivity index (χ2v) is 3.93. The van der Waals surface area contributed by atoms with Crippen LogP contribution in [0.25, 0.3) is 0 Å². The summed E-state index contributed by atoms with van der Waals surface area (Å²) in [4.78, 5) is 11.5. The second kappa shape index (κ2) is 7.09. The minimum Gasteiger partial charge on any atom is -0.462 e. The van der Waals surface area contributed by atoms with Crippen molar-refractivity contribution in [1.82, 2.24) is 0 Å². The van der Waals surface area contributed by atoms with E-state index in [9.17, 15) is 22.4 Å². The van der Waals surface area contributed by atoms with E-state index in [0.717, 1.165) is 12.1 Å². The maximum absolute atomic E-state index is 13.0. The van der Waals surface area contributed by atoms with Gasteiger partial charge in [-0.15, -0.1) is 0 Å². The molecule has 1 aromatic rings. The lowest BCUT2D eigenvalue weighted by atomic mass is 10.2. The topological polar surface area (TPSA) is 61.6 Å². The van der Waals surface area contributed by atoms with Crippen molar-refractivity contribution < 1.29 is 31.8 Å². The van der Waals surface area contributed by atoms with Crippen LogP contribution in [0, 0.1) is 5.82 Å². The molecule has 0 unspecified atom stereocenters. The molecule has 0 fully saturated rings. The third kappa shape index (κ3) is 6.37. The van der Waals surface area contributed by atoms with Crippen LogP contribution in [-0.2, 0) is 9.47 Å². The molecule has 0 bridgehead atoms. The zero-order chi connectivity index (χ0) is 15.2. The standard InChI is InChI=1S/C12H13F4NO3/c13-9-4-8(5-10(17)6-9)11(18)20-3-1-2-19-7-12(14,15)16/h4-6H,1-3,7,17H2. The van der Waals surface area contributed by atoms with Gasteiger partial charge in [0.15, 0.2) is 0 Å². The summed E-state index contributed by atoms with van der Waals surface area (Å²) in [6, 6.07) is 3.24. The first-order valence-corrected chi connectivity index (χ1v) is 5.65. The summed E-state index contributed by atoms with van der Waals surface area (Å²) in [7, 11) is 0. The molecule has 0 aromatic heterocycles. The van der Waals surface area contributed by atoms with Crippen LogP contribution in [0.1, 0.15) is 16.8 Å². The van der Waals surface area contributed by atoms with Crippen molar-refractivity contribution in [3.8, 4) is 0 Å². The van der Waals surface area contributed by atoms with Gasteiger partial charge in [-0.05, 0) is 18.2 Å². The molecule has 0 aliphatic rings. The highest BCUT2D eigenvalue weighted by atomic mass is 19.4. The first kappa shape index (κ1) is 16.2. The Hall–Kier alpha value is -1.83. The number of nitrogens with two attached hydrogens (primary N) is 1. The molecule has 1 rings (SSSR count). The largest absolute Gasteiger partial charge is 0.462 e. The minimum atomic E-state index is -4.38. The summed E-state index contributed by atoms with van der Waals surface area (Å²) in [6.45, 7) is -1.67. The fourth-order valence-electron chi connectivity index (χ4n) is 1.33. The van der Waals surface area contributed by atoms with E-state index in [2.05, 4.69) is 4.74 Å². The molecule has 20 heavy (non-hydrogen) atoms. The molecule has 0 saturated heterocycles. The van der Waals surface area contributed by atoms with Gasteiger partial charge in [0.25, 0.3) is 0 Å². The van der Waals surface area contributed by atoms with Crippen molar-refractivity contribution in [2.45, 2.75) is 12.6 Å². The molecule has 0 aliphatic carbocycles. The first-order valence-electron chi connectivity index (χ1n) is 5.65. The van der Waals surface area contributed by atoms with Crippen LogP contribution < -0.4 is 5.73 Å². The summed E-state index contributed by atoms with van der Waals surface area (Å²) >= 11 is 0. The van der Waals surface area contributed by atoms with Crippen molar-refractivity contribution in [2.24, 2.45) is 0 Å². The number of alkyl halides is 3. The van der Waals surface area contributed by atoms with E-state index in [-0.39, 0.29) is 30.9 Å². The molecule has 0 spiro atoms. The highest BCUT2D eigenvalue weighted by Crippen LogP contribution is 2.14. The van der Waals surface area contributed by atoms with Crippen LogP contribution in [-0.4, -0.2) is 32.0 Å². The Morgan fingerprint density at radius 3 is 2.50 bits per heavy atom. The van der Waals surface area contributed by atoms with E-state index in [1.165, 1.54) is 6.07 Å². The Bertz CT molecular complexity index is 442. The van der Waals surface area contributed by atoms with Gasteiger partial charge in [-0.3, -0.25) is 0 Å². The number of nitrogen functional groups attached to an aromatic ring is 1. The molecule has 0 aliphatic heterocycles. The zero-order valence-corrected chi connectivity index (χ0v) is 10.4. The third-order valence-electron chi connectivity index (χ3n) is 2.09. The number of anilines is 1. The molecular formula is C12H13F4NO3. The molecule has 0 amide bonds. The molecule has 1 aromatic carbocycles. The van der Waals surface area contributed by atoms with Crippen molar-refractivity contribution >= 4 is 11.7 Å². The van der Waals surface area contributed by atoms with Crippen LogP contribution in [0.3, 0.4) is 0 Å². The lowest BCUT2D eigenvalue weighted by molar-refractivity contribution is -0.174. The van der Waals surface area contributed by atoms with Crippen molar-refractivity contribution in [2.75, 3.05) is 25.6 Å². The van der Waals surface area contributed by atoms with Gasteiger partial charge in [-0.25, -0.2) is 9.18 Å². The number of rotatable bonds is 6. The van der Waals surface area contributed by atoms with Crippen molar-refractivity contribution in [1.29, 1.82) is 0 Å². The van der Waals surface area contributed by atoms with Gasteiger partial charge in [0.1, 0.15) is 12.4 Å². The molecule has 2 N–H and O–H groups in total. The van der Waals surface area contributed by atoms with Crippen LogP contribution in [0.2, 0.25) is 0 Å². The van der Waals surface area contributed by atoms with Crippen molar-refractivity contribution in [3.05, 3.63) is 29.6 Å². The highest BCUT2D eigenvalue weighted by molar-refractivity contribution is 5.90. The number of hydrogen-bond donors (Lipinski definition) is 1. The van der Waals surface area contributed by atoms with Gasteiger partial charge in [0, 0.05) is 12.1 Å². The van der Waals surface area contributed by atoms with E-state index in [1.54, 1.807) is 0 Å². The molecular weight excluding hydrogens is 282 g/mol. The molecule has 4 nitrogen and oxygen atoms in total. The van der Waals surface area contributed by atoms with Gasteiger partial charge in [0.05, 0.1) is 18.8 Å². The van der Waals surface area contributed by atoms with Gasteiger partial charge in [-0.1, -0.05) is 0 Å². The normalized spacial score (nSPS) is 11.4. The van der Waals surface area contributed by atoms with E-state index < -0.39 is 24.6 Å². The molecule has 0 saturated carbocycles. The average Bonchev–Trinajstić information content (AvgIpc) is 2.30. The quantitative estimate of drug-likeness (QED) is 0.379. The zero-order valence-electron chi connectivity index (χ0n) is 10.4. The number of carbonyl (C=O) groups is 1. The molecule has 0 atom stereocenters. The monoisotopic (exact) mass is 295 g/mol. The number of ether oxygens (including phenoxy) is 2. The van der Waals surface area contributed by atoms with E-state index in [1.807, 2.05) is 0 Å². The predicted molar refractivity (Wildman–Crippen MR) is 62.6 cm³/mol. The van der Waals surface area contributed by atoms with Gasteiger partial charge in [0.2, 0.25) is 0 Å². The Morgan fingerprint density at radius 1 is 1.20 bits per heavy atom. The van der Waals surface area contributed by atoms with Crippen LogP contribution in [0.5, 0.6) is 0 Å². The average molecular weight is 295 g/mol. The van der Waals surface area contributed by atoms with Crippen LogP contribution >= 0.6 is 0 Å². The Morgan fingerprint density at radius 2 is 1.90 bits per heavy atom. The second-order valence-electron chi connectivity index (χ2n) is 3.93. The predicted octanol–water partition coefficient (Wildman–Crippen LogP) is 2.53. The Kier molecular flexibility index (Phi) is 5.75. The number of esters is 1. The van der Waals surface area contributed by atoms with Gasteiger partial charge >= 0.3 is 12.1 Å². The molecule has 112 valence electrons. The third-order valence-corrected chi connectivity index (χ3v) is 2.09. The fraction of sp³-hybridized carbons (Fsp3) is 0.417. The number of hydrogen-bond acceptors (Lipinski definition) is 4. The highest BCUT2D eigenvalue weighted by Gasteiger charge is 2.27. The number of halogens is 4. The summed E-state index contributed by atoms with van der Waals surface area (Å²) < 4.78 is 57.2. The smallest absolute Gasteiger partial charge is 0.411 e. The summed E-state index contributed by atoms with van der Waals surface area (Å²) in [6.07, 6.45) is -4.28. The maximum atomic E-state index is 13.0. The van der Waals surface area contributed by atoms with Crippen LogP contribution in [0.4, 0.5) is 23.2 Å². The minimum absolute atomic E-state index is 0.0568. The van der Waals surface area contributed by atoms with E-state index in [4.69, 9.17) is 10.5 Å². The van der Waals surface area contributed by atoms with E-state index in [0.29, 0.717) is 0 Å². The lowest BCUT2D eigenvalue weighted by Gasteiger charge is -2.08. The maximum Gasteiger partial charge on any atom is 0.411 e. The summed E-state index contributed by atoms with van der Waals surface area (Å²) in [5.74, 6) is -1.47. The SMILES string of the molecule is Nc1cc(F)cc(C(=O)OCCCOCC(F)(F)F)c1. The molecule has 8 heteroatoms. The van der Waals surface area contributed by atoms with Crippen LogP contribution in [0.15, 0.2) is 18.2 Å². The van der Waals surface area contributed by atoms with Crippen molar-refractivity contribution in [3.63, 3.8) is 0 Å². The molecule has 0 heterocycles. The Balaban J connectivity index is 2.27. The first-order chi connectivity index (χ1) is 9.28. The lowest BCUT2D eigenvalue weighted by Crippen LogP contribution is -2.18. The van der Waals surface area contributed by atoms with Gasteiger partial charge in [-0.2, -0.15) is 13.2 Å². The fourth-order valence-corrected chi connectivity index (χ4v) is 1.33. The van der Waals surface area contributed by atoms with E-state index >= 15 is 0 Å². The number of benzene rings is 1. The molecule has 0 radical (unpaired) electrons. The summed E-state index contributed by atoms with van der Waals surface area (Å²) in [5, 5.41) is 0. The number of carbonyl (C=O) groups excluding carboxylic acids is 1. The Labute approximate surface area is 112 Å². The summed E-state index contributed by atoms with van der Waals surface area (Å²) in [5.41, 5.74) is 5.38.